The summed E-state index contributed by atoms with van der Waals surface area (Å²) < 4.78 is 0. The number of carboxylic acids is 1. The third-order valence-corrected chi connectivity index (χ3v) is 3.77. The molecule has 0 fully saturated rings. The van der Waals surface area contributed by atoms with E-state index in [1.165, 1.54) is 6.07 Å². The Bertz CT molecular complexity index is 686. The smallest absolute Gasteiger partial charge is 0.326 e. The normalized spacial score (nSPS) is 14.8. The number of nitrogens with two attached hydrogens (primary N) is 1. The highest BCUT2D eigenvalue weighted by Crippen LogP contribution is 2.23. The van der Waals surface area contributed by atoms with Crippen molar-refractivity contribution in [3.05, 3.63) is 29.3 Å². The molecule has 0 bridgehead atoms. The van der Waals surface area contributed by atoms with Crippen molar-refractivity contribution in [2.45, 2.75) is 38.1 Å². The number of amides is 3. The molecule has 128 valence electrons. The van der Waals surface area contributed by atoms with E-state index >= 15 is 0 Å². The molecule has 0 aromatic heterocycles. The van der Waals surface area contributed by atoms with Gasteiger partial charge in [0.05, 0.1) is 0 Å². The fourth-order valence-electron chi connectivity index (χ4n) is 2.50. The number of benzene rings is 1. The molecular weight excluding hydrogens is 314 g/mol. The van der Waals surface area contributed by atoms with Gasteiger partial charge in [-0.05, 0) is 43.0 Å². The SMILES string of the molecule is NC(=O)CCC(NC(=O)c1ccc2c(c1)CCCC(=O)N2)C(=O)O. The number of aryl methyl sites for hydroxylation is 1. The first-order valence-electron chi connectivity index (χ1n) is 7.61. The minimum atomic E-state index is -1.23. The number of carboxylic acid groups (broad SMARTS) is 1. The number of anilines is 1. The van der Waals surface area contributed by atoms with Crippen molar-refractivity contribution in [3.8, 4) is 0 Å². The number of carbonyl (C=O) groups excluding carboxylic acids is 3. The van der Waals surface area contributed by atoms with Crippen molar-refractivity contribution in [2.24, 2.45) is 5.73 Å². The summed E-state index contributed by atoms with van der Waals surface area (Å²) in [5, 5.41) is 14.3. The average Bonchev–Trinajstić information content (AvgIpc) is 2.70. The summed E-state index contributed by atoms with van der Waals surface area (Å²) in [4.78, 5) is 45.7. The molecule has 1 aliphatic rings. The molecule has 1 unspecified atom stereocenters. The Balaban J connectivity index is 2.11. The second kappa shape index (κ2) is 7.58. The fourth-order valence-corrected chi connectivity index (χ4v) is 2.50. The Labute approximate surface area is 138 Å². The highest BCUT2D eigenvalue weighted by molar-refractivity contribution is 5.98. The highest BCUT2D eigenvalue weighted by Gasteiger charge is 2.22. The largest absolute Gasteiger partial charge is 0.480 e. The minimum Gasteiger partial charge on any atom is -0.480 e. The van der Waals surface area contributed by atoms with Crippen molar-refractivity contribution in [1.29, 1.82) is 0 Å². The molecule has 1 aromatic carbocycles. The standard InChI is InChI=1S/C16H19N3O5/c17-13(20)7-6-12(16(23)24)19-15(22)10-4-5-11-9(8-10)2-1-3-14(21)18-11/h4-5,8,12H,1-3,6-7H2,(H2,17,20)(H,18,21)(H,19,22)(H,23,24). The van der Waals surface area contributed by atoms with Gasteiger partial charge in [0, 0.05) is 24.1 Å². The van der Waals surface area contributed by atoms with Crippen LogP contribution in [0.25, 0.3) is 0 Å². The van der Waals surface area contributed by atoms with Gasteiger partial charge in [0.2, 0.25) is 11.8 Å². The zero-order valence-corrected chi connectivity index (χ0v) is 13.0. The van der Waals surface area contributed by atoms with Crippen molar-refractivity contribution < 1.29 is 24.3 Å². The lowest BCUT2D eigenvalue weighted by Crippen LogP contribution is -2.41. The molecule has 8 heteroatoms. The Hall–Kier alpha value is -2.90. The van der Waals surface area contributed by atoms with Crippen LogP contribution in [0.5, 0.6) is 0 Å². The van der Waals surface area contributed by atoms with Crippen LogP contribution in [0.3, 0.4) is 0 Å². The molecule has 0 radical (unpaired) electrons. The molecule has 0 aliphatic carbocycles. The van der Waals surface area contributed by atoms with Crippen molar-refractivity contribution in [1.82, 2.24) is 5.32 Å². The van der Waals surface area contributed by atoms with Crippen LogP contribution in [0.2, 0.25) is 0 Å². The number of fused-ring (bicyclic) bond motifs is 1. The van der Waals surface area contributed by atoms with Crippen LogP contribution in [0.15, 0.2) is 18.2 Å². The number of nitrogens with one attached hydrogen (secondary N) is 2. The Morgan fingerprint density at radius 2 is 2.04 bits per heavy atom. The number of carbonyl (C=O) groups is 4. The second-order valence-electron chi connectivity index (χ2n) is 5.64. The molecule has 0 spiro atoms. The molecule has 1 atom stereocenters. The molecule has 8 nitrogen and oxygen atoms in total. The van der Waals surface area contributed by atoms with E-state index in [4.69, 9.17) is 10.8 Å². The van der Waals surface area contributed by atoms with Gasteiger partial charge in [-0.25, -0.2) is 4.79 Å². The first kappa shape index (κ1) is 17.5. The predicted octanol–water partition coefficient (Wildman–Crippen LogP) is 0.410. The first-order chi connectivity index (χ1) is 11.4. The summed E-state index contributed by atoms with van der Waals surface area (Å²) in [6.07, 6.45) is 1.55. The molecule has 24 heavy (non-hydrogen) atoms. The Kier molecular flexibility index (Phi) is 5.51. The van der Waals surface area contributed by atoms with Crippen LogP contribution >= 0.6 is 0 Å². The molecule has 3 amide bonds. The van der Waals surface area contributed by atoms with Crippen molar-refractivity contribution in [3.63, 3.8) is 0 Å². The van der Waals surface area contributed by atoms with E-state index in [0.29, 0.717) is 30.5 Å². The third-order valence-electron chi connectivity index (χ3n) is 3.77. The lowest BCUT2D eigenvalue weighted by Gasteiger charge is -2.15. The zero-order chi connectivity index (χ0) is 17.7. The van der Waals surface area contributed by atoms with Crippen LogP contribution in [-0.4, -0.2) is 34.8 Å². The van der Waals surface area contributed by atoms with E-state index in [-0.39, 0.29) is 18.7 Å². The van der Waals surface area contributed by atoms with E-state index in [1.807, 2.05) is 0 Å². The number of hydrogen-bond donors (Lipinski definition) is 4. The third kappa shape index (κ3) is 4.55. The number of primary amides is 1. The van der Waals surface area contributed by atoms with Gasteiger partial charge in [-0.2, -0.15) is 0 Å². The quantitative estimate of drug-likeness (QED) is 0.597. The first-order valence-corrected chi connectivity index (χ1v) is 7.61. The molecule has 0 saturated heterocycles. The second-order valence-corrected chi connectivity index (χ2v) is 5.64. The van der Waals surface area contributed by atoms with Gasteiger partial charge in [0.25, 0.3) is 5.91 Å². The maximum atomic E-state index is 12.3. The lowest BCUT2D eigenvalue weighted by molar-refractivity contribution is -0.139. The summed E-state index contributed by atoms with van der Waals surface area (Å²) >= 11 is 0. The summed E-state index contributed by atoms with van der Waals surface area (Å²) in [6.45, 7) is 0. The van der Waals surface area contributed by atoms with Crippen molar-refractivity contribution in [2.75, 3.05) is 5.32 Å². The van der Waals surface area contributed by atoms with Crippen molar-refractivity contribution >= 4 is 29.4 Å². The predicted molar refractivity (Wildman–Crippen MR) is 85.3 cm³/mol. The van der Waals surface area contributed by atoms with E-state index in [2.05, 4.69) is 10.6 Å². The molecule has 0 saturated carbocycles. The van der Waals surface area contributed by atoms with Gasteiger partial charge in [-0.3, -0.25) is 14.4 Å². The summed E-state index contributed by atoms with van der Waals surface area (Å²) in [6, 6.07) is 3.60. The molecule has 1 aromatic rings. The summed E-state index contributed by atoms with van der Waals surface area (Å²) in [5.74, 6) is -2.48. The van der Waals surface area contributed by atoms with Gasteiger partial charge >= 0.3 is 5.97 Å². The summed E-state index contributed by atoms with van der Waals surface area (Å²) in [7, 11) is 0. The average molecular weight is 333 g/mol. The van der Waals surface area contributed by atoms with Gasteiger partial charge in [0.1, 0.15) is 6.04 Å². The maximum absolute atomic E-state index is 12.3. The van der Waals surface area contributed by atoms with Gasteiger partial charge < -0.3 is 21.5 Å². The van der Waals surface area contributed by atoms with E-state index in [1.54, 1.807) is 12.1 Å². The molecule has 5 N–H and O–H groups in total. The van der Waals surface area contributed by atoms with Gasteiger partial charge in [-0.1, -0.05) is 0 Å². The number of rotatable bonds is 6. The number of hydrogen-bond acceptors (Lipinski definition) is 4. The van der Waals surface area contributed by atoms with Gasteiger partial charge in [0.15, 0.2) is 0 Å². The minimum absolute atomic E-state index is 0.0663. The van der Waals surface area contributed by atoms with Crippen LogP contribution in [0, 0.1) is 0 Å². The van der Waals surface area contributed by atoms with Crippen LogP contribution < -0.4 is 16.4 Å². The van der Waals surface area contributed by atoms with E-state index < -0.39 is 23.8 Å². The molecule has 1 heterocycles. The number of aliphatic carboxylic acids is 1. The maximum Gasteiger partial charge on any atom is 0.326 e. The molecular formula is C16H19N3O5. The van der Waals surface area contributed by atoms with E-state index in [9.17, 15) is 19.2 Å². The lowest BCUT2D eigenvalue weighted by atomic mass is 10.0. The monoisotopic (exact) mass is 333 g/mol. The molecule has 1 aliphatic heterocycles. The Morgan fingerprint density at radius 1 is 1.29 bits per heavy atom. The highest BCUT2D eigenvalue weighted by atomic mass is 16.4. The van der Waals surface area contributed by atoms with Crippen LogP contribution in [0.4, 0.5) is 5.69 Å². The molecule has 2 rings (SSSR count). The Morgan fingerprint density at radius 3 is 2.71 bits per heavy atom. The van der Waals surface area contributed by atoms with Crippen LogP contribution in [-0.2, 0) is 20.8 Å². The van der Waals surface area contributed by atoms with Crippen LogP contribution in [0.1, 0.15) is 41.6 Å². The van der Waals surface area contributed by atoms with Gasteiger partial charge in [-0.15, -0.1) is 0 Å². The summed E-state index contributed by atoms with van der Waals surface area (Å²) in [5.41, 5.74) is 6.80. The topological polar surface area (TPSA) is 139 Å². The zero-order valence-electron chi connectivity index (χ0n) is 13.0. The van der Waals surface area contributed by atoms with E-state index in [0.717, 1.165) is 5.56 Å². The fraction of sp³-hybridized carbons (Fsp3) is 0.375.